The van der Waals surface area contributed by atoms with Gasteiger partial charge in [0.05, 0.1) is 5.69 Å². The van der Waals surface area contributed by atoms with Gasteiger partial charge in [0.2, 0.25) is 5.91 Å². The van der Waals surface area contributed by atoms with Crippen LogP contribution >= 0.6 is 0 Å². The second-order valence-electron chi connectivity index (χ2n) is 4.32. The summed E-state index contributed by atoms with van der Waals surface area (Å²) in [6.07, 6.45) is 1.34. The van der Waals surface area contributed by atoms with Crippen LogP contribution in [0.1, 0.15) is 25.3 Å². The molecule has 18 heavy (non-hydrogen) atoms. The van der Waals surface area contributed by atoms with Gasteiger partial charge in [-0.3, -0.25) is 4.79 Å². The summed E-state index contributed by atoms with van der Waals surface area (Å²) in [5.74, 6) is 0.290. The number of phenols is 1. The summed E-state index contributed by atoms with van der Waals surface area (Å²) in [5.41, 5.74) is 1.79. The predicted octanol–water partition coefficient (Wildman–Crippen LogP) is 2.05. The SMILES string of the molecule is CCN(C(=O)CCCNC)c1cc(O)ccc1C. The molecule has 1 amide bonds. The van der Waals surface area contributed by atoms with Gasteiger partial charge in [-0.1, -0.05) is 6.07 Å². The first-order valence-corrected chi connectivity index (χ1v) is 6.34. The number of anilines is 1. The van der Waals surface area contributed by atoms with Gasteiger partial charge in [-0.2, -0.15) is 0 Å². The van der Waals surface area contributed by atoms with E-state index in [1.54, 1.807) is 17.0 Å². The van der Waals surface area contributed by atoms with Crippen molar-refractivity contribution in [3.8, 4) is 5.75 Å². The first kappa shape index (κ1) is 14.5. The van der Waals surface area contributed by atoms with Crippen molar-refractivity contribution in [3.63, 3.8) is 0 Å². The van der Waals surface area contributed by atoms with Crippen LogP contribution in [-0.4, -0.2) is 31.2 Å². The molecule has 0 aliphatic heterocycles. The maximum Gasteiger partial charge on any atom is 0.227 e. The largest absolute Gasteiger partial charge is 0.508 e. The molecule has 1 aromatic rings. The van der Waals surface area contributed by atoms with Crippen molar-refractivity contribution in [1.29, 1.82) is 0 Å². The average Bonchev–Trinajstić information content (AvgIpc) is 2.35. The number of aryl methyl sites for hydroxylation is 1. The maximum absolute atomic E-state index is 12.1. The first-order valence-electron chi connectivity index (χ1n) is 6.34. The van der Waals surface area contributed by atoms with Gasteiger partial charge < -0.3 is 15.3 Å². The summed E-state index contributed by atoms with van der Waals surface area (Å²) in [7, 11) is 1.88. The highest BCUT2D eigenvalue weighted by Crippen LogP contribution is 2.25. The second kappa shape index (κ2) is 7.01. The molecule has 0 saturated carbocycles. The number of amides is 1. The number of nitrogens with one attached hydrogen (secondary N) is 1. The van der Waals surface area contributed by atoms with Crippen molar-refractivity contribution in [2.24, 2.45) is 0 Å². The lowest BCUT2D eigenvalue weighted by atomic mass is 10.1. The van der Waals surface area contributed by atoms with E-state index in [1.165, 1.54) is 0 Å². The zero-order chi connectivity index (χ0) is 13.5. The lowest BCUT2D eigenvalue weighted by Crippen LogP contribution is -2.31. The Bertz CT molecular complexity index is 405. The number of carbonyl (C=O) groups is 1. The van der Waals surface area contributed by atoms with Gasteiger partial charge in [0.1, 0.15) is 5.75 Å². The highest BCUT2D eigenvalue weighted by molar-refractivity contribution is 5.94. The van der Waals surface area contributed by atoms with Crippen LogP contribution in [0.25, 0.3) is 0 Å². The molecule has 4 nitrogen and oxygen atoms in total. The Morgan fingerprint density at radius 1 is 1.44 bits per heavy atom. The van der Waals surface area contributed by atoms with Crippen LogP contribution in [0.5, 0.6) is 5.75 Å². The Labute approximate surface area is 109 Å². The molecule has 0 aliphatic carbocycles. The molecule has 0 aromatic heterocycles. The third-order valence-electron chi connectivity index (χ3n) is 2.92. The molecule has 0 unspecified atom stereocenters. The Hall–Kier alpha value is -1.55. The van der Waals surface area contributed by atoms with Gasteiger partial charge >= 0.3 is 0 Å². The molecule has 0 radical (unpaired) electrons. The standard InChI is InChI=1S/C14H22N2O2/c1-4-16(14(18)6-5-9-15-3)13-10-12(17)8-7-11(13)2/h7-8,10,15,17H,4-6,9H2,1-3H3. The fraction of sp³-hybridized carbons (Fsp3) is 0.500. The third-order valence-corrected chi connectivity index (χ3v) is 2.92. The minimum atomic E-state index is 0.0986. The Balaban J connectivity index is 2.81. The number of hydrogen-bond acceptors (Lipinski definition) is 3. The second-order valence-corrected chi connectivity index (χ2v) is 4.32. The van der Waals surface area contributed by atoms with Crippen molar-refractivity contribution < 1.29 is 9.90 Å². The number of rotatable bonds is 6. The molecule has 0 fully saturated rings. The summed E-state index contributed by atoms with van der Waals surface area (Å²) < 4.78 is 0. The first-order chi connectivity index (χ1) is 8.60. The third kappa shape index (κ3) is 3.74. The average molecular weight is 250 g/mol. The number of phenolic OH excluding ortho intramolecular Hbond substituents is 1. The van der Waals surface area contributed by atoms with Crippen LogP contribution in [0.4, 0.5) is 5.69 Å². The van der Waals surface area contributed by atoms with Crippen LogP contribution in [0, 0.1) is 6.92 Å². The van der Waals surface area contributed by atoms with E-state index in [9.17, 15) is 9.90 Å². The molecule has 2 N–H and O–H groups in total. The van der Waals surface area contributed by atoms with Gasteiger partial charge in [-0.25, -0.2) is 0 Å². The summed E-state index contributed by atoms with van der Waals surface area (Å²) in [4.78, 5) is 13.9. The Morgan fingerprint density at radius 2 is 2.17 bits per heavy atom. The van der Waals surface area contributed by atoms with Crippen LogP contribution < -0.4 is 10.2 Å². The lowest BCUT2D eigenvalue weighted by Gasteiger charge is -2.23. The highest BCUT2D eigenvalue weighted by atomic mass is 16.3. The van der Waals surface area contributed by atoms with E-state index in [2.05, 4.69) is 5.32 Å². The minimum Gasteiger partial charge on any atom is -0.508 e. The molecule has 1 rings (SSSR count). The smallest absolute Gasteiger partial charge is 0.227 e. The molecule has 0 spiro atoms. The number of hydrogen-bond donors (Lipinski definition) is 2. The van der Waals surface area contributed by atoms with Crippen molar-refractivity contribution in [1.82, 2.24) is 5.32 Å². The van der Waals surface area contributed by atoms with Crippen LogP contribution in [0.15, 0.2) is 18.2 Å². The number of benzene rings is 1. The summed E-state index contributed by atoms with van der Waals surface area (Å²) in [5, 5.41) is 12.6. The van der Waals surface area contributed by atoms with E-state index >= 15 is 0 Å². The fourth-order valence-electron chi connectivity index (χ4n) is 1.92. The molecule has 0 heterocycles. The lowest BCUT2D eigenvalue weighted by molar-refractivity contribution is -0.118. The normalized spacial score (nSPS) is 10.4. The molecule has 1 aromatic carbocycles. The summed E-state index contributed by atoms with van der Waals surface area (Å²) in [6, 6.07) is 5.11. The van der Waals surface area contributed by atoms with Crippen LogP contribution in [0.2, 0.25) is 0 Å². The van der Waals surface area contributed by atoms with E-state index in [1.807, 2.05) is 27.0 Å². The van der Waals surface area contributed by atoms with Crippen LogP contribution in [-0.2, 0) is 4.79 Å². The molecular formula is C14H22N2O2. The number of aromatic hydroxyl groups is 1. The molecular weight excluding hydrogens is 228 g/mol. The zero-order valence-corrected chi connectivity index (χ0v) is 11.4. The van der Waals surface area contributed by atoms with E-state index in [4.69, 9.17) is 0 Å². The molecule has 4 heteroatoms. The zero-order valence-electron chi connectivity index (χ0n) is 11.4. The monoisotopic (exact) mass is 250 g/mol. The quantitative estimate of drug-likeness (QED) is 0.760. The molecule has 100 valence electrons. The summed E-state index contributed by atoms with van der Waals surface area (Å²) in [6.45, 7) is 5.34. The highest BCUT2D eigenvalue weighted by Gasteiger charge is 2.15. The number of nitrogens with zero attached hydrogens (tertiary/aromatic N) is 1. The Kier molecular flexibility index (Phi) is 5.65. The Morgan fingerprint density at radius 3 is 2.78 bits per heavy atom. The van der Waals surface area contributed by atoms with E-state index < -0.39 is 0 Å². The van der Waals surface area contributed by atoms with Crippen LogP contribution in [0.3, 0.4) is 0 Å². The van der Waals surface area contributed by atoms with E-state index in [-0.39, 0.29) is 11.7 Å². The van der Waals surface area contributed by atoms with Gasteiger partial charge in [0.15, 0.2) is 0 Å². The maximum atomic E-state index is 12.1. The molecule has 0 aliphatic rings. The van der Waals surface area contributed by atoms with Crippen molar-refractivity contribution >= 4 is 11.6 Å². The molecule has 0 bridgehead atoms. The van der Waals surface area contributed by atoms with E-state index in [0.29, 0.717) is 13.0 Å². The fourth-order valence-corrected chi connectivity index (χ4v) is 1.92. The van der Waals surface area contributed by atoms with Gasteiger partial charge in [0.25, 0.3) is 0 Å². The summed E-state index contributed by atoms with van der Waals surface area (Å²) >= 11 is 0. The minimum absolute atomic E-state index is 0.0986. The van der Waals surface area contributed by atoms with Gasteiger partial charge in [-0.05, 0) is 45.5 Å². The predicted molar refractivity (Wildman–Crippen MR) is 74.0 cm³/mol. The number of carbonyl (C=O) groups excluding carboxylic acids is 1. The van der Waals surface area contributed by atoms with E-state index in [0.717, 1.165) is 24.2 Å². The topological polar surface area (TPSA) is 52.6 Å². The van der Waals surface area contributed by atoms with Crippen molar-refractivity contribution in [3.05, 3.63) is 23.8 Å². The molecule has 0 saturated heterocycles. The molecule has 0 atom stereocenters. The van der Waals surface area contributed by atoms with Crippen molar-refractivity contribution in [2.45, 2.75) is 26.7 Å². The van der Waals surface area contributed by atoms with Gasteiger partial charge in [-0.15, -0.1) is 0 Å². The van der Waals surface area contributed by atoms with Gasteiger partial charge in [0, 0.05) is 19.0 Å². The van der Waals surface area contributed by atoms with Crippen molar-refractivity contribution in [2.75, 3.05) is 25.0 Å².